The Hall–Kier alpha value is -0.666. The van der Waals surface area contributed by atoms with Crippen LogP contribution in [-0.4, -0.2) is 44.9 Å². The first-order chi connectivity index (χ1) is 13.2. The molecule has 1 aromatic carbocycles. The van der Waals surface area contributed by atoms with Crippen molar-refractivity contribution in [3.05, 3.63) is 30.3 Å². The number of benzene rings is 1. The lowest BCUT2D eigenvalue weighted by Gasteiger charge is -2.52. The SMILES string of the molecule is CO[Si](CCCCN(c1ccccc1)[Si](C(C)C)(C(C)C)C(C)C)(OC)OC. The van der Waals surface area contributed by atoms with Gasteiger partial charge in [-0.05, 0) is 41.6 Å². The van der Waals surface area contributed by atoms with E-state index in [1.54, 1.807) is 21.3 Å². The van der Waals surface area contributed by atoms with Crippen LogP contribution < -0.4 is 4.57 Å². The summed E-state index contributed by atoms with van der Waals surface area (Å²) >= 11 is 0. The highest BCUT2D eigenvalue weighted by Gasteiger charge is 2.48. The smallest absolute Gasteiger partial charge is 0.396 e. The largest absolute Gasteiger partial charge is 0.500 e. The minimum atomic E-state index is -2.49. The molecule has 1 rings (SSSR count). The Bertz CT molecular complexity index is 518. The van der Waals surface area contributed by atoms with Gasteiger partial charge in [-0.2, -0.15) is 0 Å². The maximum atomic E-state index is 5.60. The molecule has 1 aromatic rings. The van der Waals surface area contributed by atoms with E-state index in [4.69, 9.17) is 13.3 Å². The van der Waals surface area contributed by atoms with Crippen LogP contribution in [0.15, 0.2) is 30.3 Å². The molecule has 0 aliphatic carbocycles. The molecule has 4 nitrogen and oxygen atoms in total. The molecule has 0 aliphatic heterocycles. The Kier molecular flexibility index (Phi) is 10.4. The number of anilines is 1. The van der Waals surface area contributed by atoms with Crippen LogP contribution >= 0.6 is 0 Å². The molecular weight excluding hydrogens is 382 g/mol. The van der Waals surface area contributed by atoms with Crippen LogP contribution in [0.5, 0.6) is 0 Å². The van der Waals surface area contributed by atoms with E-state index in [0.717, 1.165) is 25.4 Å². The third kappa shape index (κ3) is 5.48. The second-order valence-electron chi connectivity index (χ2n) is 8.59. The fraction of sp³-hybridized carbons (Fsp3) is 0.727. The van der Waals surface area contributed by atoms with E-state index >= 15 is 0 Å². The first-order valence-corrected chi connectivity index (χ1v) is 14.8. The van der Waals surface area contributed by atoms with Gasteiger partial charge in [-0.3, -0.25) is 0 Å². The van der Waals surface area contributed by atoms with Crippen LogP contribution in [-0.2, 0) is 13.3 Å². The van der Waals surface area contributed by atoms with Crippen LogP contribution in [0.25, 0.3) is 0 Å². The Labute approximate surface area is 176 Å². The maximum Gasteiger partial charge on any atom is 0.500 e. The van der Waals surface area contributed by atoms with E-state index in [9.17, 15) is 0 Å². The van der Waals surface area contributed by atoms with Crippen molar-refractivity contribution in [2.24, 2.45) is 0 Å². The molecule has 6 heteroatoms. The Morgan fingerprint density at radius 2 is 1.21 bits per heavy atom. The quantitative estimate of drug-likeness (QED) is 0.273. The third-order valence-electron chi connectivity index (χ3n) is 6.36. The van der Waals surface area contributed by atoms with E-state index in [2.05, 4.69) is 76.4 Å². The van der Waals surface area contributed by atoms with Crippen LogP contribution in [0.3, 0.4) is 0 Å². The van der Waals surface area contributed by atoms with Gasteiger partial charge in [0.05, 0.1) is 0 Å². The summed E-state index contributed by atoms with van der Waals surface area (Å²) < 4.78 is 19.6. The second-order valence-corrected chi connectivity index (χ2v) is 17.5. The summed E-state index contributed by atoms with van der Waals surface area (Å²) in [5.74, 6) is 0. The fourth-order valence-electron chi connectivity index (χ4n) is 5.26. The average Bonchev–Trinajstić information content (AvgIpc) is 2.67. The summed E-state index contributed by atoms with van der Waals surface area (Å²) in [5.41, 5.74) is 3.41. The highest BCUT2D eigenvalue weighted by molar-refractivity contribution is 6.86. The minimum Gasteiger partial charge on any atom is -0.396 e. The van der Waals surface area contributed by atoms with Crippen molar-refractivity contribution in [3.63, 3.8) is 0 Å². The predicted molar refractivity (Wildman–Crippen MR) is 126 cm³/mol. The van der Waals surface area contributed by atoms with Crippen LogP contribution in [0, 0.1) is 0 Å². The van der Waals surface area contributed by atoms with Crippen LogP contribution in [0.2, 0.25) is 22.7 Å². The van der Waals surface area contributed by atoms with Gasteiger partial charge in [-0.1, -0.05) is 59.7 Å². The molecule has 0 saturated heterocycles. The minimum absolute atomic E-state index is 0.679. The molecule has 0 heterocycles. The average molecular weight is 426 g/mol. The molecule has 0 aromatic heterocycles. The molecule has 0 saturated carbocycles. The van der Waals surface area contributed by atoms with Crippen molar-refractivity contribution < 1.29 is 13.3 Å². The predicted octanol–water partition coefficient (Wildman–Crippen LogP) is 6.33. The third-order valence-corrected chi connectivity index (χ3v) is 16.2. The molecule has 0 N–H and O–H groups in total. The molecule has 0 amide bonds. The van der Waals surface area contributed by atoms with Gasteiger partial charge in [0.2, 0.25) is 0 Å². The van der Waals surface area contributed by atoms with E-state index in [1.165, 1.54) is 5.69 Å². The zero-order chi connectivity index (χ0) is 21.4. The van der Waals surface area contributed by atoms with Crippen LogP contribution in [0.1, 0.15) is 54.4 Å². The van der Waals surface area contributed by atoms with Gasteiger partial charge >= 0.3 is 8.80 Å². The maximum absolute atomic E-state index is 5.60. The van der Waals surface area contributed by atoms with Crippen molar-refractivity contribution in [1.29, 1.82) is 0 Å². The zero-order valence-electron chi connectivity index (χ0n) is 19.6. The van der Waals surface area contributed by atoms with Gasteiger partial charge in [0.1, 0.15) is 0 Å². The molecule has 0 fully saturated rings. The summed E-state index contributed by atoms with van der Waals surface area (Å²) in [6.45, 7) is 15.7. The summed E-state index contributed by atoms with van der Waals surface area (Å²) in [5, 5.41) is 0. The van der Waals surface area contributed by atoms with Crippen LogP contribution in [0.4, 0.5) is 5.69 Å². The Morgan fingerprint density at radius 3 is 1.61 bits per heavy atom. The first kappa shape index (κ1) is 25.4. The summed E-state index contributed by atoms with van der Waals surface area (Å²) in [6.07, 6.45) is 2.16. The highest BCUT2D eigenvalue weighted by atomic mass is 28.4. The molecule has 0 atom stereocenters. The molecule has 28 heavy (non-hydrogen) atoms. The number of rotatable bonds is 13. The van der Waals surface area contributed by atoms with E-state index in [1.807, 2.05) is 0 Å². The lowest BCUT2D eigenvalue weighted by atomic mass is 10.3. The van der Waals surface area contributed by atoms with E-state index in [0.29, 0.717) is 16.6 Å². The molecule has 0 aliphatic rings. The Morgan fingerprint density at radius 1 is 0.750 bits per heavy atom. The molecule has 0 radical (unpaired) electrons. The summed E-state index contributed by atoms with van der Waals surface area (Å²) in [6, 6.07) is 11.9. The first-order valence-electron chi connectivity index (χ1n) is 10.7. The van der Waals surface area contributed by atoms with Gasteiger partial charge < -0.3 is 17.8 Å². The summed E-state index contributed by atoms with van der Waals surface area (Å²) in [7, 11) is 0.839. The van der Waals surface area contributed by atoms with Gasteiger partial charge in [0, 0.05) is 39.6 Å². The fourth-order valence-corrected chi connectivity index (χ4v) is 14.1. The van der Waals surface area contributed by atoms with Crippen molar-refractivity contribution in [2.45, 2.75) is 77.1 Å². The molecule has 162 valence electrons. The van der Waals surface area contributed by atoms with Crippen molar-refractivity contribution in [2.75, 3.05) is 32.4 Å². The number of hydrogen-bond acceptors (Lipinski definition) is 4. The monoisotopic (exact) mass is 425 g/mol. The van der Waals surface area contributed by atoms with Gasteiger partial charge in [-0.25, -0.2) is 0 Å². The zero-order valence-corrected chi connectivity index (χ0v) is 21.6. The lowest BCUT2D eigenvalue weighted by molar-refractivity contribution is 0.123. The number of para-hydroxylation sites is 1. The van der Waals surface area contributed by atoms with Gasteiger partial charge in [-0.15, -0.1) is 0 Å². The summed E-state index contributed by atoms with van der Waals surface area (Å²) in [4.78, 5) is 0. The van der Waals surface area contributed by atoms with Crippen molar-refractivity contribution in [1.82, 2.24) is 0 Å². The molecule has 0 unspecified atom stereocenters. The molecule has 0 spiro atoms. The number of unbranched alkanes of at least 4 members (excludes halogenated alkanes) is 1. The Balaban J connectivity index is 3.11. The molecular formula is C22H43NO3Si2. The topological polar surface area (TPSA) is 30.9 Å². The highest BCUT2D eigenvalue weighted by Crippen LogP contribution is 2.46. The second kappa shape index (κ2) is 11.5. The lowest BCUT2D eigenvalue weighted by Crippen LogP contribution is -2.61. The van der Waals surface area contributed by atoms with E-state index < -0.39 is 17.0 Å². The normalized spacial score (nSPS) is 13.0. The van der Waals surface area contributed by atoms with Crippen molar-refractivity contribution in [3.8, 4) is 0 Å². The standard InChI is InChI=1S/C22H43NO3Si2/c1-19(2)28(20(3)4,21(5)6)23(22-15-11-10-12-16-22)17-13-14-18-27(24-7,25-8)26-9/h10-12,15-16,19-21H,13-14,17-18H2,1-9H3. The van der Waals surface area contributed by atoms with Gasteiger partial charge in [0.15, 0.2) is 8.24 Å². The molecule has 0 bridgehead atoms. The number of hydrogen-bond donors (Lipinski definition) is 0. The number of nitrogens with zero attached hydrogens (tertiary/aromatic N) is 1. The van der Waals surface area contributed by atoms with Crippen molar-refractivity contribution >= 4 is 22.7 Å². The van der Waals surface area contributed by atoms with Gasteiger partial charge in [0.25, 0.3) is 0 Å². The van der Waals surface area contributed by atoms with E-state index in [-0.39, 0.29) is 0 Å².